The summed E-state index contributed by atoms with van der Waals surface area (Å²) in [5.74, 6) is 2.40. The van der Waals surface area contributed by atoms with Crippen LogP contribution in [0.15, 0.2) is 43.0 Å². The van der Waals surface area contributed by atoms with E-state index in [9.17, 15) is 18.0 Å². The Labute approximate surface area is 194 Å². The summed E-state index contributed by atoms with van der Waals surface area (Å²) >= 11 is 0. The Morgan fingerprint density at radius 2 is 2.03 bits per heavy atom. The molecule has 4 rings (SSSR count). The van der Waals surface area contributed by atoms with E-state index in [1.54, 1.807) is 10.6 Å². The van der Waals surface area contributed by atoms with Gasteiger partial charge in [0.2, 0.25) is 0 Å². The Kier molecular flexibility index (Phi) is 6.24. The first-order chi connectivity index (χ1) is 16.2. The van der Waals surface area contributed by atoms with E-state index in [-0.39, 0.29) is 23.6 Å². The molecule has 9 heteroatoms. The van der Waals surface area contributed by atoms with Gasteiger partial charge in [0, 0.05) is 37.0 Å². The van der Waals surface area contributed by atoms with Crippen molar-refractivity contribution in [1.82, 2.24) is 24.1 Å². The van der Waals surface area contributed by atoms with Crippen LogP contribution in [0.25, 0.3) is 16.9 Å². The Hall–Kier alpha value is -3.93. The Balaban J connectivity index is 1.72. The van der Waals surface area contributed by atoms with Crippen molar-refractivity contribution >= 4 is 11.4 Å². The van der Waals surface area contributed by atoms with Crippen LogP contribution in [-0.2, 0) is 19.1 Å². The molecule has 0 unspecified atom stereocenters. The number of benzene rings is 1. The van der Waals surface area contributed by atoms with Crippen molar-refractivity contribution in [2.45, 2.75) is 45.8 Å². The van der Waals surface area contributed by atoms with Gasteiger partial charge in [0.15, 0.2) is 17.1 Å². The van der Waals surface area contributed by atoms with Crippen molar-refractivity contribution in [2.24, 2.45) is 0 Å². The molecule has 0 radical (unpaired) electrons. The van der Waals surface area contributed by atoms with Crippen LogP contribution in [0.5, 0.6) is 0 Å². The summed E-state index contributed by atoms with van der Waals surface area (Å²) in [6.45, 7) is 3.77. The predicted octanol–water partition coefficient (Wildman–Crippen LogP) is 5.13. The normalized spacial score (nSPS) is 11.6. The van der Waals surface area contributed by atoms with Crippen molar-refractivity contribution in [3.05, 3.63) is 71.1 Å². The van der Waals surface area contributed by atoms with Gasteiger partial charge in [-0.15, -0.1) is 6.42 Å². The fourth-order valence-corrected chi connectivity index (χ4v) is 3.99. The SMILES string of the molecule is C#CCn1cc(-c2cnc3c(Cc4ccc(C(=O)CCC)c(C)c4)nccn23)c(C(F)(F)F)n1. The molecule has 174 valence electrons. The van der Waals surface area contributed by atoms with Crippen LogP contribution in [0.4, 0.5) is 13.2 Å². The zero-order valence-corrected chi connectivity index (χ0v) is 18.7. The van der Waals surface area contributed by atoms with Crippen LogP contribution in [0.1, 0.15) is 52.6 Å². The molecule has 3 heterocycles. The van der Waals surface area contributed by atoms with Crippen LogP contribution in [-0.4, -0.2) is 29.9 Å². The summed E-state index contributed by atoms with van der Waals surface area (Å²) in [6, 6.07) is 5.62. The molecule has 0 bridgehead atoms. The first-order valence-electron chi connectivity index (χ1n) is 10.7. The van der Waals surface area contributed by atoms with Crippen LogP contribution in [0.3, 0.4) is 0 Å². The second kappa shape index (κ2) is 9.14. The van der Waals surface area contributed by atoms with Crippen molar-refractivity contribution in [2.75, 3.05) is 0 Å². The third kappa shape index (κ3) is 4.44. The number of hydrogen-bond acceptors (Lipinski definition) is 4. The summed E-state index contributed by atoms with van der Waals surface area (Å²) in [7, 11) is 0. The third-order valence-electron chi connectivity index (χ3n) is 5.50. The molecule has 34 heavy (non-hydrogen) atoms. The summed E-state index contributed by atoms with van der Waals surface area (Å²) in [6.07, 6.45) is 8.04. The van der Waals surface area contributed by atoms with E-state index in [1.807, 2.05) is 32.0 Å². The average molecular weight is 465 g/mol. The summed E-state index contributed by atoms with van der Waals surface area (Å²) in [4.78, 5) is 21.0. The Morgan fingerprint density at radius 1 is 1.24 bits per heavy atom. The second-order valence-corrected chi connectivity index (χ2v) is 8.00. The van der Waals surface area contributed by atoms with E-state index < -0.39 is 11.9 Å². The largest absolute Gasteiger partial charge is 0.435 e. The minimum atomic E-state index is -4.65. The minimum absolute atomic E-state index is 0.0806. The molecule has 4 aromatic rings. The maximum atomic E-state index is 13.6. The van der Waals surface area contributed by atoms with Gasteiger partial charge in [0.05, 0.1) is 23.1 Å². The predicted molar refractivity (Wildman–Crippen MR) is 121 cm³/mol. The fraction of sp³-hybridized carbons (Fsp3) is 0.280. The number of hydrogen-bond donors (Lipinski definition) is 0. The summed E-state index contributed by atoms with van der Waals surface area (Å²) in [5, 5.41) is 3.63. The number of carbonyl (C=O) groups excluding carboxylic acids is 1. The molecule has 0 saturated carbocycles. The maximum Gasteiger partial charge on any atom is 0.435 e. The molecule has 0 aliphatic heterocycles. The molecular weight excluding hydrogens is 443 g/mol. The van der Waals surface area contributed by atoms with Gasteiger partial charge in [-0.2, -0.15) is 18.3 Å². The molecule has 0 atom stereocenters. The summed E-state index contributed by atoms with van der Waals surface area (Å²) < 4.78 is 43.6. The molecule has 6 nitrogen and oxygen atoms in total. The fourth-order valence-electron chi connectivity index (χ4n) is 3.99. The number of aromatic nitrogens is 5. The molecular formula is C25H22F3N5O. The zero-order valence-electron chi connectivity index (χ0n) is 18.7. The standard InChI is InChI=1S/C25H22F3N5O/c1-4-6-22(34)18-8-7-17(12-16(18)3)13-20-24-30-14-21(33(24)11-9-29-20)19-15-32(10-5-2)31-23(19)25(26,27)28/h2,7-9,11-12,14-15H,4,6,10,13H2,1,3H3. The van der Waals surface area contributed by atoms with E-state index >= 15 is 0 Å². The van der Waals surface area contributed by atoms with Crippen molar-refractivity contribution in [3.63, 3.8) is 0 Å². The van der Waals surface area contributed by atoms with Gasteiger partial charge in [0.25, 0.3) is 0 Å². The first-order valence-corrected chi connectivity index (χ1v) is 10.7. The van der Waals surface area contributed by atoms with E-state index in [4.69, 9.17) is 6.42 Å². The van der Waals surface area contributed by atoms with Crippen molar-refractivity contribution < 1.29 is 18.0 Å². The highest BCUT2D eigenvalue weighted by atomic mass is 19.4. The van der Waals surface area contributed by atoms with Crippen LogP contribution >= 0.6 is 0 Å². The van der Waals surface area contributed by atoms with Crippen molar-refractivity contribution in [1.29, 1.82) is 0 Å². The lowest BCUT2D eigenvalue weighted by Crippen LogP contribution is -2.09. The van der Waals surface area contributed by atoms with Gasteiger partial charge >= 0.3 is 6.18 Å². The first kappa shape index (κ1) is 23.2. The number of imidazole rings is 1. The van der Waals surface area contributed by atoms with Crippen LogP contribution in [0, 0.1) is 19.3 Å². The number of rotatable bonds is 7. The molecule has 0 aliphatic rings. The Bertz CT molecular complexity index is 1410. The topological polar surface area (TPSA) is 65.1 Å². The number of carbonyl (C=O) groups is 1. The minimum Gasteiger partial charge on any atom is -0.296 e. The molecule has 0 saturated heterocycles. The number of alkyl halides is 3. The van der Waals surface area contributed by atoms with Crippen LogP contribution in [0.2, 0.25) is 0 Å². The smallest absolute Gasteiger partial charge is 0.296 e. The highest BCUT2D eigenvalue weighted by Crippen LogP contribution is 2.36. The number of aryl methyl sites for hydroxylation is 1. The van der Waals surface area contributed by atoms with Gasteiger partial charge in [0.1, 0.15) is 6.54 Å². The Morgan fingerprint density at radius 3 is 2.71 bits per heavy atom. The van der Waals surface area contributed by atoms with E-state index in [0.717, 1.165) is 22.2 Å². The van der Waals surface area contributed by atoms with E-state index in [2.05, 4.69) is 21.0 Å². The third-order valence-corrected chi connectivity index (χ3v) is 5.50. The van der Waals surface area contributed by atoms with Gasteiger partial charge in [-0.25, -0.2) is 4.98 Å². The summed E-state index contributed by atoms with van der Waals surface area (Å²) in [5.41, 5.74) is 2.66. The van der Waals surface area contributed by atoms with E-state index in [1.165, 1.54) is 18.6 Å². The molecule has 0 spiro atoms. The van der Waals surface area contributed by atoms with Crippen LogP contribution < -0.4 is 0 Å². The highest BCUT2D eigenvalue weighted by Gasteiger charge is 2.38. The molecule has 0 fully saturated rings. The van der Waals surface area contributed by atoms with Gasteiger partial charge in [-0.1, -0.05) is 31.0 Å². The molecule has 3 aromatic heterocycles. The maximum absolute atomic E-state index is 13.6. The second-order valence-electron chi connectivity index (χ2n) is 8.00. The zero-order chi connectivity index (χ0) is 24.5. The molecule has 0 aliphatic carbocycles. The molecule has 0 N–H and O–H groups in total. The lowest BCUT2D eigenvalue weighted by atomic mass is 9.98. The average Bonchev–Trinajstić information content (AvgIpc) is 3.39. The quantitative estimate of drug-likeness (QED) is 0.281. The lowest BCUT2D eigenvalue weighted by molar-refractivity contribution is -0.141. The number of ketones is 1. The molecule has 0 amide bonds. The molecule has 1 aromatic carbocycles. The van der Waals surface area contributed by atoms with Gasteiger partial charge in [-0.3, -0.25) is 18.9 Å². The van der Waals surface area contributed by atoms with Crippen molar-refractivity contribution in [3.8, 4) is 23.6 Å². The number of Topliss-reactive ketones (excluding diaryl/α,β-unsaturated/α-hetero) is 1. The number of nitrogens with zero attached hydrogens (tertiary/aromatic N) is 5. The van der Waals surface area contributed by atoms with Gasteiger partial charge < -0.3 is 0 Å². The number of fused-ring (bicyclic) bond motifs is 1. The number of terminal acetylenes is 1. The monoisotopic (exact) mass is 465 g/mol. The van der Waals surface area contributed by atoms with Gasteiger partial charge in [-0.05, 0) is 24.5 Å². The number of halogens is 3. The van der Waals surface area contributed by atoms with E-state index in [0.29, 0.717) is 29.7 Å². The highest BCUT2D eigenvalue weighted by molar-refractivity contribution is 5.97. The lowest BCUT2D eigenvalue weighted by Gasteiger charge is -2.09.